The van der Waals surface area contributed by atoms with E-state index in [0.29, 0.717) is 0 Å². The summed E-state index contributed by atoms with van der Waals surface area (Å²) in [6.07, 6.45) is 54.6. The van der Waals surface area contributed by atoms with Crippen molar-refractivity contribution < 1.29 is 12.6 Å². The summed E-state index contributed by atoms with van der Waals surface area (Å²) in [6.45, 7) is 11.9. The molecule has 3 nitrogen and oxygen atoms in total. The number of unbranched alkanes of at least 4 members (excludes halogenated alkanes) is 29. The molecule has 55 heavy (non-hydrogen) atoms. The first kappa shape index (κ1) is 54.6. The van der Waals surface area contributed by atoms with E-state index < -0.39 is 17.4 Å². The largest absolute Gasteiger partial charge is 0.296 e. The second-order valence-electron chi connectivity index (χ2n) is 17.3. The summed E-state index contributed by atoms with van der Waals surface area (Å²) in [6, 6.07) is 8.33. The molecule has 0 N–H and O–H groups in total. The number of hydrogen-bond acceptors (Lipinski definition) is 3. The van der Waals surface area contributed by atoms with Gasteiger partial charge in [0.2, 0.25) is 0 Å². The third kappa shape index (κ3) is 35.2. The predicted octanol–water partition coefficient (Wildman–Crippen LogP) is 17.5. The molecule has 1 rings (SSSR count). The molecule has 0 saturated carbocycles. The normalized spacial score (nSPS) is 12.2. The van der Waals surface area contributed by atoms with E-state index in [4.69, 9.17) is 4.18 Å². The Hall–Kier alpha value is -0.440. The zero-order valence-corrected chi connectivity index (χ0v) is 39.9. The van der Waals surface area contributed by atoms with E-state index in [1.165, 1.54) is 180 Å². The average molecular weight is 811 g/mol. The van der Waals surface area contributed by atoms with Crippen molar-refractivity contribution in [3.05, 3.63) is 30.3 Å². The van der Waals surface area contributed by atoms with Gasteiger partial charge in [-0.2, -0.15) is 8.42 Å². The van der Waals surface area contributed by atoms with Gasteiger partial charge in [-0.05, 0) is 18.6 Å². The molecule has 5 heteroatoms. The monoisotopic (exact) mass is 811 g/mol. The number of benzene rings is 1. The Morgan fingerprint density at radius 2 is 0.618 bits per heavy atom. The maximum atomic E-state index is 11.9. The van der Waals surface area contributed by atoms with E-state index in [2.05, 4.69) is 34.6 Å². The molecule has 0 radical (unpaired) electrons. The molecule has 0 atom stereocenters. The zero-order chi connectivity index (χ0) is 40.4. The molecule has 0 spiro atoms. The van der Waals surface area contributed by atoms with Crippen LogP contribution in [-0.4, -0.2) is 39.7 Å². The second-order valence-corrected chi connectivity index (χ2v) is 24.0. The summed E-state index contributed by atoms with van der Waals surface area (Å²) in [5.41, 5.74) is 0. The van der Waals surface area contributed by atoms with Crippen LogP contribution in [0.2, 0.25) is 0 Å². The third-order valence-corrected chi connectivity index (χ3v) is 19.0. The molecule has 1 aromatic carbocycles. The molecule has 0 aliphatic rings. The molecule has 0 aliphatic heterocycles. The predicted molar refractivity (Wildman–Crippen MR) is 253 cm³/mol. The molecule has 0 saturated heterocycles. The first-order valence-corrected chi connectivity index (χ1v) is 29.1. The van der Waals surface area contributed by atoms with Gasteiger partial charge in [0.25, 0.3) is 10.1 Å². The third-order valence-electron chi connectivity index (χ3n) is 12.0. The molecule has 0 aromatic heterocycles. The molecule has 0 amide bonds. The van der Waals surface area contributed by atoms with Crippen LogP contribution in [0.3, 0.4) is 0 Å². The fourth-order valence-electron chi connectivity index (χ4n) is 8.28. The molecular formula is C50H99O3PS. The van der Waals surface area contributed by atoms with Gasteiger partial charge >= 0.3 is 200 Å². The Kier molecular flexibility index (Phi) is 41.4. The average Bonchev–Trinajstić information content (AvgIpc) is 3.20. The van der Waals surface area contributed by atoms with Gasteiger partial charge < -0.3 is 0 Å². The van der Waals surface area contributed by atoms with Gasteiger partial charge in [-0.25, -0.2) is 0 Å². The Bertz CT molecular complexity index is 951. The summed E-state index contributed by atoms with van der Waals surface area (Å²) in [4.78, 5) is 0.238. The minimum absolute atomic E-state index is 0.238. The van der Waals surface area contributed by atoms with Gasteiger partial charge in [-0.1, -0.05) is 96.3 Å². The summed E-state index contributed by atoms with van der Waals surface area (Å²) < 4.78 is 28.8. The van der Waals surface area contributed by atoms with Crippen molar-refractivity contribution in [1.29, 1.82) is 0 Å². The van der Waals surface area contributed by atoms with E-state index in [1.54, 1.807) is 80.7 Å². The van der Waals surface area contributed by atoms with Gasteiger partial charge in [0, 0.05) is 0 Å². The Morgan fingerprint density at radius 3 is 0.927 bits per heavy atom. The van der Waals surface area contributed by atoms with E-state index in [0.717, 1.165) is 12.8 Å². The van der Waals surface area contributed by atoms with Gasteiger partial charge in [0.1, 0.15) is 0 Å². The fraction of sp³-hybridized carbons (Fsp3) is 0.880. The van der Waals surface area contributed by atoms with Crippen molar-refractivity contribution in [2.24, 2.45) is 0 Å². The van der Waals surface area contributed by atoms with E-state index in [-0.39, 0.29) is 11.5 Å². The Morgan fingerprint density at radius 1 is 0.364 bits per heavy atom. The first-order valence-electron chi connectivity index (χ1n) is 24.9. The van der Waals surface area contributed by atoms with E-state index in [1.807, 2.05) is 0 Å². The van der Waals surface area contributed by atoms with E-state index in [9.17, 15) is 8.42 Å². The standard InChI is InChI=1S/C32H69P.C18H30O3S/c1-5-9-13-17-18-19-20-21-22-23-24-28-32-33(29-25-14-10-6-2,30-26-15-11-7-3)31-27-16-12-8-4;1-2-3-4-5-6-7-8-9-10-14-17-21-22(19,20)18-15-12-11-13-16-18/h33H,5-32H2,1-4H3;11-13,15-16H,2-10,14,17H2,1H3. The van der Waals surface area contributed by atoms with Crippen LogP contribution in [0.25, 0.3) is 0 Å². The van der Waals surface area contributed by atoms with Gasteiger partial charge in [-0.15, -0.1) is 0 Å². The minimum atomic E-state index is -3.57. The van der Waals surface area contributed by atoms with E-state index >= 15 is 0 Å². The summed E-state index contributed by atoms with van der Waals surface area (Å²) in [7, 11) is -4.61. The SMILES string of the molecule is CCCCCCCCCCCCCC[PH](CCCCCC)(CCCCCC)CCCCCC.CCCCCCCCCCCCOS(=O)(=O)c1ccccc1. The van der Waals surface area contributed by atoms with Crippen molar-refractivity contribution in [3.63, 3.8) is 0 Å². The number of rotatable bonds is 41. The topological polar surface area (TPSA) is 43.4 Å². The van der Waals surface area contributed by atoms with Crippen LogP contribution in [0.15, 0.2) is 35.2 Å². The van der Waals surface area contributed by atoms with Gasteiger partial charge in [0.15, 0.2) is 0 Å². The maximum Gasteiger partial charge on any atom is 0.296 e. The quantitative estimate of drug-likeness (QED) is 0.0376. The van der Waals surface area contributed by atoms with Crippen LogP contribution in [0.5, 0.6) is 0 Å². The molecule has 328 valence electrons. The first-order chi connectivity index (χ1) is 26.9. The van der Waals surface area contributed by atoms with Crippen LogP contribution in [0.4, 0.5) is 0 Å². The van der Waals surface area contributed by atoms with Crippen LogP contribution in [0.1, 0.15) is 253 Å². The molecule has 1 aromatic rings. The molecule has 0 unspecified atom stereocenters. The minimum Gasteiger partial charge on any atom is -0.266 e. The number of hydrogen-bond donors (Lipinski definition) is 0. The summed E-state index contributed by atoms with van der Waals surface area (Å²) >= 11 is 0. The van der Waals surface area contributed by atoms with Crippen molar-refractivity contribution in [2.45, 2.75) is 258 Å². The van der Waals surface area contributed by atoms with Crippen LogP contribution < -0.4 is 0 Å². The molecular weight excluding hydrogens is 712 g/mol. The molecule has 0 fully saturated rings. The maximum absolute atomic E-state index is 11.9. The summed E-state index contributed by atoms with van der Waals surface area (Å²) in [5, 5.41) is 0. The van der Waals surface area contributed by atoms with Crippen molar-refractivity contribution in [1.82, 2.24) is 0 Å². The fourth-order valence-corrected chi connectivity index (χ4v) is 14.7. The van der Waals surface area contributed by atoms with Crippen LogP contribution >= 0.6 is 7.26 Å². The zero-order valence-electron chi connectivity index (χ0n) is 38.1. The van der Waals surface area contributed by atoms with Crippen molar-refractivity contribution >= 4 is 17.4 Å². The van der Waals surface area contributed by atoms with Crippen LogP contribution in [-0.2, 0) is 14.3 Å². The Balaban J connectivity index is 0.00000115. The second kappa shape index (κ2) is 41.7. The van der Waals surface area contributed by atoms with Crippen molar-refractivity contribution in [3.8, 4) is 0 Å². The molecule has 0 heterocycles. The Labute approximate surface area is 348 Å². The van der Waals surface area contributed by atoms with Crippen LogP contribution in [0, 0.1) is 0 Å². The van der Waals surface area contributed by atoms with Gasteiger partial charge in [0.05, 0.1) is 11.5 Å². The smallest absolute Gasteiger partial charge is 0.266 e. The van der Waals surface area contributed by atoms with Crippen molar-refractivity contribution in [2.75, 3.05) is 31.3 Å². The summed E-state index contributed by atoms with van der Waals surface area (Å²) in [5.74, 6) is 0. The van der Waals surface area contributed by atoms with Gasteiger partial charge in [-0.3, -0.25) is 4.18 Å². The molecule has 0 bridgehead atoms. The molecule has 0 aliphatic carbocycles.